The fraction of sp³-hybridized carbons (Fsp3) is 0.200. The molecule has 1 aliphatic carbocycles. The molecule has 0 spiro atoms. The molecule has 7 heteroatoms. The second kappa shape index (κ2) is 10.1. The third kappa shape index (κ3) is 4.34. The Morgan fingerprint density at radius 2 is 1.36 bits per heavy atom. The maximum absolute atomic E-state index is 15.0. The van der Waals surface area contributed by atoms with Gasteiger partial charge in [0.1, 0.15) is 5.60 Å². The number of rotatable bonds is 4. The number of nitrogens with zero attached hydrogens (tertiary/aromatic N) is 1. The van der Waals surface area contributed by atoms with Crippen molar-refractivity contribution >= 4 is 40.9 Å². The Balaban J connectivity index is 1.64. The van der Waals surface area contributed by atoms with Gasteiger partial charge in [-0.15, -0.1) is 0 Å². The topological polar surface area (TPSA) is 80.8 Å². The molecule has 0 unspecified atom stereocenters. The molecule has 4 aromatic rings. The first-order valence-electron chi connectivity index (χ1n) is 13.7. The first-order valence-corrected chi connectivity index (χ1v) is 14.1. The zero-order valence-corrected chi connectivity index (χ0v) is 24.1. The molecule has 6 rings (SSSR count). The zero-order chi connectivity index (χ0) is 29.8. The minimum atomic E-state index is -1.57. The van der Waals surface area contributed by atoms with Crippen LogP contribution in [-0.4, -0.2) is 29.2 Å². The number of carbonyl (C=O) groups is 4. The molecule has 0 saturated carbocycles. The number of benzene rings is 4. The maximum atomic E-state index is 15.0. The Morgan fingerprint density at radius 1 is 0.810 bits per heavy atom. The van der Waals surface area contributed by atoms with Crippen molar-refractivity contribution in [1.82, 2.24) is 0 Å². The van der Waals surface area contributed by atoms with E-state index in [2.05, 4.69) is 0 Å². The van der Waals surface area contributed by atoms with E-state index >= 15 is 0 Å². The Hall–Kier alpha value is -4.55. The summed E-state index contributed by atoms with van der Waals surface area (Å²) in [6.07, 6.45) is -1.08. The SMILES string of the molecule is CC(C)(C)OC(=O)N1C(=O)[C@@](CC(=O)c2ccc(Cl)cc2)(C2c3ccccc3C(=O)c3ccccc32)c2ccccc21. The Bertz CT molecular complexity index is 1720. The van der Waals surface area contributed by atoms with E-state index < -0.39 is 28.9 Å². The minimum Gasteiger partial charge on any atom is -0.443 e. The molecule has 1 heterocycles. The van der Waals surface area contributed by atoms with Crippen LogP contribution in [0.4, 0.5) is 10.5 Å². The van der Waals surface area contributed by atoms with Gasteiger partial charge in [0.25, 0.3) is 0 Å². The van der Waals surface area contributed by atoms with E-state index in [0.29, 0.717) is 44.1 Å². The predicted molar refractivity (Wildman–Crippen MR) is 160 cm³/mol. The fourth-order valence-electron chi connectivity index (χ4n) is 6.26. The van der Waals surface area contributed by atoms with Gasteiger partial charge in [0.15, 0.2) is 11.6 Å². The monoisotopic (exact) mass is 577 g/mol. The fourth-order valence-corrected chi connectivity index (χ4v) is 6.38. The summed E-state index contributed by atoms with van der Waals surface area (Å²) in [5, 5.41) is 0.480. The summed E-state index contributed by atoms with van der Waals surface area (Å²) in [6.45, 7) is 5.19. The lowest BCUT2D eigenvalue weighted by molar-refractivity contribution is -0.123. The van der Waals surface area contributed by atoms with Gasteiger partial charge in [-0.05, 0) is 67.8 Å². The molecular weight excluding hydrogens is 550 g/mol. The second-order valence-corrected chi connectivity index (χ2v) is 12.1. The maximum Gasteiger partial charge on any atom is 0.421 e. The van der Waals surface area contributed by atoms with Gasteiger partial charge in [0.05, 0.1) is 11.1 Å². The predicted octanol–water partition coefficient (Wildman–Crippen LogP) is 7.51. The van der Waals surface area contributed by atoms with Crippen LogP contribution in [-0.2, 0) is 14.9 Å². The van der Waals surface area contributed by atoms with Gasteiger partial charge < -0.3 is 4.74 Å². The van der Waals surface area contributed by atoms with Gasteiger partial charge >= 0.3 is 6.09 Å². The summed E-state index contributed by atoms with van der Waals surface area (Å²) in [6, 6.07) is 27.9. The number of ketones is 2. The smallest absolute Gasteiger partial charge is 0.421 e. The second-order valence-electron chi connectivity index (χ2n) is 11.7. The molecule has 0 aromatic heterocycles. The Labute approximate surface area is 248 Å². The van der Waals surface area contributed by atoms with Crippen LogP contribution < -0.4 is 4.90 Å². The van der Waals surface area contributed by atoms with Crippen LogP contribution in [0.15, 0.2) is 97.1 Å². The molecule has 1 atom stereocenters. The first kappa shape index (κ1) is 27.6. The number of fused-ring (bicyclic) bond motifs is 3. The zero-order valence-electron chi connectivity index (χ0n) is 23.4. The largest absolute Gasteiger partial charge is 0.443 e. The average Bonchev–Trinajstić information content (AvgIpc) is 3.20. The van der Waals surface area contributed by atoms with E-state index in [1.54, 1.807) is 93.6 Å². The number of hydrogen-bond donors (Lipinski definition) is 0. The highest BCUT2D eigenvalue weighted by Gasteiger charge is 2.61. The molecule has 2 amide bonds. The molecule has 0 bridgehead atoms. The number of hydrogen-bond acceptors (Lipinski definition) is 5. The number of Topliss-reactive ketones (excluding diaryl/α,β-unsaturated/α-hetero) is 1. The van der Waals surface area contributed by atoms with Crippen molar-refractivity contribution in [2.75, 3.05) is 4.90 Å². The van der Waals surface area contributed by atoms with Crippen LogP contribution >= 0.6 is 11.6 Å². The van der Waals surface area contributed by atoms with Crippen LogP contribution in [0.3, 0.4) is 0 Å². The Kier molecular flexibility index (Phi) is 6.62. The highest BCUT2D eigenvalue weighted by Crippen LogP contribution is 2.57. The van der Waals surface area contributed by atoms with Crippen molar-refractivity contribution in [1.29, 1.82) is 0 Å². The molecule has 42 heavy (non-hydrogen) atoms. The van der Waals surface area contributed by atoms with Crippen molar-refractivity contribution < 1.29 is 23.9 Å². The van der Waals surface area contributed by atoms with Gasteiger partial charge in [-0.3, -0.25) is 14.4 Å². The van der Waals surface area contributed by atoms with Crippen LogP contribution in [0.2, 0.25) is 5.02 Å². The number of para-hydroxylation sites is 1. The number of amides is 2. The lowest BCUT2D eigenvalue weighted by atomic mass is 9.59. The molecule has 210 valence electrons. The van der Waals surface area contributed by atoms with Crippen LogP contribution in [0.5, 0.6) is 0 Å². The van der Waals surface area contributed by atoms with Crippen molar-refractivity contribution in [3.8, 4) is 0 Å². The summed E-state index contributed by atoms with van der Waals surface area (Å²) in [5.74, 6) is -1.78. The average molecular weight is 578 g/mol. The third-order valence-electron chi connectivity index (χ3n) is 7.92. The number of imide groups is 1. The lowest BCUT2D eigenvalue weighted by Crippen LogP contribution is -2.50. The van der Waals surface area contributed by atoms with E-state index in [-0.39, 0.29) is 18.0 Å². The van der Waals surface area contributed by atoms with Crippen LogP contribution in [0.25, 0.3) is 0 Å². The number of anilines is 1. The number of halogens is 1. The molecular formula is C35H28ClNO5. The van der Waals surface area contributed by atoms with E-state index in [4.69, 9.17) is 16.3 Å². The molecule has 0 radical (unpaired) electrons. The van der Waals surface area contributed by atoms with E-state index in [1.807, 2.05) is 24.3 Å². The van der Waals surface area contributed by atoms with E-state index in [1.165, 1.54) is 0 Å². The van der Waals surface area contributed by atoms with Crippen molar-refractivity contribution in [2.24, 2.45) is 0 Å². The molecule has 4 aromatic carbocycles. The standard InChI is InChI=1S/C35H28ClNO5/c1-34(2,3)42-33(41)37-28-15-9-8-14-27(28)35(32(37)40,20-29(38)21-16-18-22(36)19-17-21)30-23-10-4-6-12-25(23)31(39)26-13-7-5-11-24(26)30/h4-19,30H,20H2,1-3H3/t35-/m1/s1. The van der Waals surface area contributed by atoms with Gasteiger partial charge in [-0.25, -0.2) is 9.69 Å². The van der Waals surface area contributed by atoms with E-state index in [9.17, 15) is 19.2 Å². The molecule has 0 N–H and O–H groups in total. The summed E-state index contributed by atoms with van der Waals surface area (Å²) >= 11 is 6.10. The molecule has 6 nitrogen and oxygen atoms in total. The highest BCUT2D eigenvalue weighted by atomic mass is 35.5. The lowest BCUT2D eigenvalue weighted by Gasteiger charge is -2.40. The third-order valence-corrected chi connectivity index (χ3v) is 8.17. The summed E-state index contributed by atoms with van der Waals surface area (Å²) in [7, 11) is 0. The molecule has 0 saturated heterocycles. The number of ether oxygens (including phenoxy) is 1. The quantitative estimate of drug-likeness (QED) is 0.234. The van der Waals surface area contributed by atoms with Gasteiger partial charge in [0, 0.05) is 34.1 Å². The van der Waals surface area contributed by atoms with Crippen molar-refractivity contribution in [3.05, 3.63) is 135 Å². The Morgan fingerprint density at radius 3 is 1.95 bits per heavy atom. The first-order chi connectivity index (χ1) is 20.0. The minimum absolute atomic E-state index is 0.153. The molecule has 0 fully saturated rings. The van der Waals surface area contributed by atoms with E-state index in [0.717, 1.165) is 4.90 Å². The van der Waals surface area contributed by atoms with Crippen LogP contribution in [0, 0.1) is 0 Å². The van der Waals surface area contributed by atoms with Gasteiger partial charge in [-0.2, -0.15) is 0 Å². The van der Waals surface area contributed by atoms with Crippen molar-refractivity contribution in [2.45, 2.75) is 44.1 Å². The van der Waals surface area contributed by atoms with Gasteiger partial charge in [-0.1, -0.05) is 78.3 Å². The highest BCUT2D eigenvalue weighted by molar-refractivity contribution is 6.30. The van der Waals surface area contributed by atoms with Gasteiger partial charge in [0.2, 0.25) is 5.91 Å². The molecule has 2 aliphatic rings. The van der Waals surface area contributed by atoms with Crippen LogP contribution in [0.1, 0.15) is 76.1 Å². The van der Waals surface area contributed by atoms with Crippen molar-refractivity contribution in [3.63, 3.8) is 0 Å². The number of carbonyl (C=O) groups excluding carboxylic acids is 4. The summed E-state index contributed by atoms with van der Waals surface area (Å²) in [5.41, 5.74) is 0.983. The molecule has 1 aliphatic heterocycles. The summed E-state index contributed by atoms with van der Waals surface area (Å²) in [4.78, 5) is 57.5. The normalized spacial score (nSPS) is 17.9. The summed E-state index contributed by atoms with van der Waals surface area (Å²) < 4.78 is 5.70.